The van der Waals surface area contributed by atoms with Crippen molar-refractivity contribution in [2.45, 2.75) is 13.0 Å². The summed E-state index contributed by atoms with van der Waals surface area (Å²) in [5.74, 6) is -0.863. The van der Waals surface area contributed by atoms with Crippen LogP contribution in [0.15, 0.2) is 42.5 Å². The van der Waals surface area contributed by atoms with Crippen molar-refractivity contribution >= 4 is 40.8 Å². The van der Waals surface area contributed by atoms with E-state index in [4.69, 9.17) is 37.9 Å². The predicted molar refractivity (Wildman–Crippen MR) is 97.3 cm³/mol. The summed E-state index contributed by atoms with van der Waals surface area (Å²) in [4.78, 5) is 23.8. The van der Waals surface area contributed by atoms with E-state index < -0.39 is 24.6 Å². The summed E-state index contributed by atoms with van der Waals surface area (Å²) >= 11 is 11.6. The lowest BCUT2D eigenvalue weighted by Crippen LogP contribution is -2.29. The molecule has 0 bridgehead atoms. The van der Waals surface area contributed by atoms with Gasteiger partial charge in [0.15, 0.2) is 12.7 Å². The van der Waals surface area contributed by atoms with Crippen LogP contribution in [0.25, 0.3) is 0 Å². The number of hydrogen-bond donors (Lipinski definition) is 1. The molecule has 1 atom stereocenters. The third-order valence-electron chi connectivity index (χ3n) is 3.18. The van der Waals surface area contributed by atoms with E-state index in [1.807, 2.05) is 6.07 Å². The Morgan fingerprint density at radius 2 is 1.81 bits per heavy atom. The Morgan fingerprint density at radius 3 is 2.46 bits per heavy atom. The maximum atomic E-state index is 11.9. The van der Waals surface area contributed by atoms with E-state index in [-0.39, 0.29) is 11.3 Å². The maximum absolute atomic E-state index is 11.9. The lowest BCUT2D eigenvalue weighted by molar-refractivity contribution is -0.153. The lowest BCUT2D eigenvalue weighted by Gasteiger charge is -2.14. The number of carbonyl (C=O) groups is 2. The zero-order valence-electron chi connectivity index (χ0n) is 13.7. The fourth-order valence-electron chi connectivity index (χ4n) is 1.92. The number of halogens is 2. The number of amides is 1. The Kier molecular flexibility index (Phi) is 6.84. The van der Waals surface area contributed by atoms with E-state index in [2.05, 4.69) is 5.32 Å². The quantitative estimate of drug-likeness (QED) is 0.754. The van der Waals surface area contributed by atoms with Crippen molar-refractivity contribution in [1.29, 1.82) is 5.26 Å². The summed E-state index contributed by atoms with van der Waals surface area (Å²) in [5, 5.41) is 12.4. The molecule has 1 N–H and O–H groups in total. The molecule has 0 saturated carbocycles. The molecular weight excluding hydrogens is 379 g/mol. The average Bonchev–Trinajstić information content (AvgIpc) is 2.61. The summed E-state index contributed by atoms with van der Waals surface area (Å²) in [7, 11) is 0. The summed E-state index contributed by atoms with van der Waals surface area (Å²) in [5.41, 5.74) is 0.486. The van der Waals surface area contributed by atoms with Crippen LogP contribution in [0.5, 0.6) is 5.75 Å². The van der Waals surface area contributed by atoms with Gasteiger partial charge in [-0.05, 0) is 49.4 Å². The highest BCUT2D eigenvalue weighted by Gasteiger charge is 2.18. The Morgan fingerprint density at radius 1 is 1.15 bits per heavy atom. The smallest absolute Gasteiger partial charge is 0.347 e. The summed E-state index contributed by atoms with van der Waals surface area (Å²) < 4.78 is 10.3. The summed E-state index contributed by atoms with van der Waals surface area (Å²) in [6.45, 7) is 0.976. The average molecular weight is 393 g/mol. The Bertz CT molecular complexity index is 847. The molecule has 134 valence electrons. The molecule has 6 nitrogen and oxygen atoms in total. The van der Waals surface area contributed by atoms with E-state index in [1.54, 1.807) is 24.3 Å². The van der Waals surface area contributed by atoms with Gasteiger partial charge in [-0.15, -0.1) is 0 Å². The van der Waals surface area contributed by atoms with Crippen molar-refractivity contribution in [1.82, 2.24) is 0 Å². The second-order valence-electron chi connectivity index (χ2n) is 5.17. The highest BCUT2D eigenvalue weighted by molar-refractivity contribution is 6.31. The molecule has 0 heterocycles. The maximum Gasteiger partial charge on any atom is 0.347 e. The van der Waals surface area contributed by atoms with Crippen LogP contribution in [0.3, 0.4) is 0 Å². The molecule has 0 radical (unpaired) electrons. The van der Waals surface area contributed by atoms with Gasteiger partial charge in [-0.1, -0.05) is 23.2 Å². The van der Waals surface area contributed by atoms with E-state index in [0.717, 1.165) is 0 Å². The van der Waals surface area contributed by atoms with Crippen LogP contribution in [0.4, 0.5) is 5.69 Å². The minimum absolute atomic E-state index is 0.242. The standard InChI is InChI=1S/C18H14Cl2N2O4/c1-11(26-15-6-4-13(19)5-7-15)18(24)25-10-17(23)22-16-8-14(20)3-2-12(16)9-21/h2-8,11H,10H2,1H3,(H,22,23)/t11-/m1/s1. The molecular formula is C18H14Cl2N2O4. The predicted octanol–water partition coefficient (Wildman–Crippen LogP) is 3.81. The van der Waals surface area contributed by atoms with Crippen LogP contribution in [-0.2, 0) is 14.3 Å². The van der Waals surface area contributed by atoms with Gasteiger partial charge in [0, 0.05) is 10.0 Å². The van der Waals surface area contributed by atoms with Crippen LogP contribution in [-0.4, -0.2) is 24.6 Å². The molecule has 2 rings (SSSR count). The Hall–Kier alpha value is -2.75. The SMILES string of the molecule is C[C@@H](Oc1ccc(Cl)cc1)C(=O)OCC(=O)Nc1cc(Cl)ccc1C#N. The van der Waals surface area contributed by atoms with E-state index in [0.29, 0.717) is 15.8 Å². The van der Waals surface area contributed by atoms with Crippen molar-refractivity contribution in [3.05, 3.63) is 58.1 Å². The number of nitrogens with one attached hydrogen (secondary N) is 1. The van der Waals surface area contributed by atoms with Gasteiger partial charge < -0.3 is 14.8 Å². The number of carbonyl (C=O) groups excluding carboxylic acids is 2. The van der Waals surface area contributed by atoms with Gasteiger partial charge in [0.1, 0.15) is 11.8 Å². The van der Waals surface area contributed by atoms with Crippen molar-refractivity contribution in [3.8, 4) is 11.8 Å². The fourth-order valence-corrected chi connectivity index (χ4v) is 2.22. The number of benzene rings is 2. The first kappa shape index (κ1) is 19.6. The number of nitriles is 1. The van der Waals surface area contributed by atoms with Crippen molar-refractivity contribution in [2.75, 3.05) is 11.9 Å². The summed E-state index contributed by atoms with van der Waals surface area (Å²) in [6, 6.07) is 12.9. The third kappa shape index (κ3) is 5.66. The first-order valence-corrected chi connectivity index (χ1v) is 8.23. The van der Waals surface area contributed by atoms with Gasteiger partial charge in [0.05, 0.1) is 11.3 Å². The van der Waals surface area contributed by atoms with Crippen LogP contribution in [0, 0.1) is 11.3 Å². The minimum atomic E-state index is -0.912. The van der Waals surface area contributed by atoms with Gasteiger partial charge >= 0.3 is 5.97 Å². The number of ether oxygens (including phenoxy) is 2. The molecule has 0 aliphatic rings. The molecule has 2 aromatic carbocycles. The van der Waals surface area contributed by atoms with E-state index in [9.17, 15) is 9.59 Å². The highest BCUT2D eigenvalue weighted by Crippen LogP contribution is 2.20. The zero-order valence-corrected chi connectivity index (χ0v) is 15.2. The Labute approximate surface area is 160 Å². The number of esters is 1. The summed E-state index contributed by atoms with van der Waals surface area (Å²) in [6.07, 6.45) is -0.912. The highest BCUT2D eigenvalue weighted by atomic mass is 35.5. The normalized spacial score (nSPS) is 11.2. The van der Waals surface area contributed by atoms with Crippen molar-refractivity contribution < 1.29 is 19.1 Å². The zero-order chi connectivity index (χ0) is 19.1. The molecule has 8 heteroatoms. The number of hydrogen-bond acceptors (Lipinski definition) is 5. The van der Waals surface area contributed by atoms with E-state index in [1.165, 1.54) is 25.1 Å². The largest absolute Gasteiger partial charge is 0.479 e. The number of anilines is 1. The van der Waals surface area contributed by atoms with Gasteiger partial charge in [0.25, 0.3) is 5.91 Å². The fraction of sp³-hybridized carbons (Fsp3) is 0.167. The van der Waals surface area contributed by atoms with E-state index >= 15 is 0 Å². The molecule has 0 aliphatic heterocycles. The molecule has 0 saturated heterocycles. The first-order chi connectivity index (χ1) is 12.4. The van der Waals surface area contributed by atoms with Crippen LogP contribution >= 0.6 is 23.2 Å². The Balaban J connectivity index is 1.86. The van der Waals surface area contributed by atoms with Crippen molar-refractivity contribution in [2.24, 2.45) is 0 Å². The monoisotopic (exact) mass is 392 g/mol. The molecule has 0 unspecified atom stereocenters. The lowest BCUT2D eigenvalue weighted by atomic mass is 10.2. The van der Waals surface area contributed by atoms with Crippen LogP contribution in [0.1, 0.15) is 12.5 Å². The third-order valence-corrected chi connectivity index (χ3v) is 3.67. The molecule has 0 aromatic heterocycles. The van der Waals surface area contributed by atoms with Gasteiger partial charge in [-0.2, -0.15) is 5.26 Å². The number of nitrogens with zero attached hydrogens (tertiary/aromatic N) is 1. The second-order valence-corrected chi connectivity index (χ2v) is 6.04. The first-order valence-electron chi connectivity index (χ1n) is 7.47. The minimum Gasteiger partial charge on any atom is -0.479 e. The van der Waals surface area contributed by atoms with Gasteiger partial charge in [-0.3, -0.25) is 4.79 Å². The van der Waals surface area contributed by atoms with Gasteiger partial charge in [0.2, 0.25) is 0 Å². The molecule has 2 aromatic rings. The van der Waals surface area contributed by atoms with Crippen LogP contribution < -0.4 is 10.1 Å². The van der Waals surface area contributed by atoms with Crippen molar-refractivity contribution in [3.63, 3.8) is 0 Å². The molecule has 0 aliphatic carbocycles. The topological polar surface area (TPSA) is 88.4 Å². The van der Waals surface area contributed by atoms with Crippen LogP contribution in [0.2, 0.25) is 10.0 Å². The molecule has 0 spiro atoms. The molecule has 26 heavy (non-hydrogen) atoms. The van der Waals surface area contributed by atoms with Gasteiger partial charge in [-0.25, -0.2) is 4.79 Å². The molecule has 1 amide bonds. The second kappa shape index (κ2) is 9.09. The molecule has 0 fully saturated rings. The number of rotatable bonds is 6.